The fourth-order valence-electron chi connectivity index (χ4n) is 1.69. The van der Waals surface area contributed by atoms with Gasteiger partial charge in [0.25, 0.3) is 0 Å². The molecule has 3 nitrogen and oxygen atoms in total. The lowest BCUT2D eigenvalue weighted by molar-refractivity contribution is 0.505. The molecule has 0 saturated heterocycles. The fraction of sp³-hybridized carbons (Fsp3) is 0.462. The molecule has 0 radical (unpaired) electrons. The third-order valence-corrected chi connectivity index (χ3v) is 3.44. The van der Waals surface area contributed by atoms with E-state index in [1.54, 1.807) is 12.1 Å². The number of benzene rings is 1. The van der Waals surface area contributed by atoms with Gasteiger partial charge in [-0.25, -0.2) is 0 Å². The van der Waals surface area contributed by atoms with Gasteiger partial charge in [-0.2, -0.15) is 0 Å². The van der Waals surface area contributed by atoms with Crippen molar-refractivity contribution in [1.29, 1.82) is 5.41 Å². The largest absolute Gasteiger partial charge is 0.384 e. The predicted octanol–water partition coefficient (Wildman–Crippen LogP) is 3.10. The molecule has 17 heavy (non-hydrogen) atoms. The van der Waals surface area contributed by atoms with Gasteiger partial charge < -0.3 is 10.6 Å². The Kier molecular flexibility index (Phi) is 4.40. The molecule has 3 N–H and O–H groups in total. The zero-order valence-electron chi connectivity index (χ0n) is 10.8. The minimum Gasteiger partial charge on any atom is -0.384 e. The molecule has 0 aliphatic rings. The van der Waals surface area contributed by atoms with Crippen LogP contribution < -0.4 is 10.6 Å². The number of nitrogens with zero attached hydrogens (tertiary/aromatic N) is 1. The molecule has 0 bridgehead atoms. The van der Waals surface area contributed by atoms with Crippen LogP contribution >= 0.6 is 11.6 Å². The fourth-order valence-corrected chi connectivity index (χ4v) is 1.86. The van der Waals surface area contributed by atoms with Gasteiger partial charge in [-0.15, -0.1) is 0 Å². The molecule has 0 amide bonds. The second-order valence-corrected chi connectivity index (χ2v) is 5.11. The summed E-state index contributed by atoms with van der Waals surface area (Å²) in [5, 5.41) is 8.26. The summed E-state index contributed by atoms with van der Waals surface area (Å²) < 4.78 is 0. The van der Waals surface area contributed by atoms with Gasteiger partial charge in [0.05, 0.1) is 0 Å². The summed E-state index contributed by atoms with van der Waals surface area (Å²) in [4.78, 5) is 2.12. The maximum absolute atomic E-state index is 7.60. The van der Waals surface area contributed by atoms with Gasteiger partial charge in [0, 0.05) is 29.4 Å². The van der Waals surface area contributed by atoms with E-state index >= 15 is 0 Å². The van der Waals surface area contributed by atoms with Gasteiger partial charge in [-0.1, -0.05) is 25.4 Å². The van der Waals surface area contributed by atoms with E-state index in [1.807, 2.05) is 13.1 Å². The number of halogens is 1. The maximum Gasteiger partial charge on any atom is 0.124 e. The van der Waals surface area contributed by atoms with Crippen LogP contribution in [0.3, 0.4) is 0 Å². The SMILES string of the molecule is CC(C)C(C)N(C)c1cc(Cl)ccc1C(=N)N. The van der Waals surface area contributed by atoms with Crippen LogP contribution in [0.25, 0.3) is 0 Å². The van der Waals surface area contributed by atoms with Crippen LogP contribution in [0.1, 0.15) is 26.3 Å². The van der Waals surface area contributed by atoms with Gasteiger partial charge in [-0.05, 0) is 31.0 Å². The van der Waals surface area contributed by atoms with E-state index in [-0.39, 0.29) is 5.84 Å². The highest BCUT2D eigenvalue weighted by atomic mass is 35.5. The van der Waals surface area contributed by atoms with Crippen LogP contribution in [0.4, 0.5) is 5.69 Å². The lowest BCUT2D eigenvalue weighted by atomic mass is 10.0. The van der Waals surface area contributed by atoms with Crippen molar-refractivity contribution in [2.24, 2.45) is 11.7 Å². The Morgan fingerprint density at radius 2 is 1.94 bits per heavy atom. The highest BCUT2D eigenvalue weighted by Gasteiger charge is 2.17. The van der Waals surface area contributed by atoms with Crippen molar-refractivity contribution in [3.8, 4) is 0 Å². The smallest absolute Gasteiger partial charge is 0.124 e. The zero-order valence-corrected chi connectivity index (χ0v) is 11.5. The normalized spacial score (nSPS) is 12.6. The highest BCUT2D eigenvalue weighted by molar-refractivity contribution is 6.31. The molecule has 0 aliphatic heterocycles. The second-order valence-electron chi connectivity index (χ2n) is 4.67. The van der Waals surface area contributed by atoms with Crippen molar-refractivity contribution in [2.75, 3.05) is 11.9 Å². The van der Waals surface area contributed by atoms with E-state index in [0.29, 0.717) is 17.0 Å². The number of rotatable bonds is 4. The quantitative estimate of drug-likeness (QED) is 0.640. The molecule has 0 aliphatic carbocycles. The third kappa shape index (κ3) is 3.13. The van der Waals surface area contributed by atoms with Crippen LogP contribution in [-0.2, 0) is 0 Å². The lowest BCUT2D eigenvalue weighted by Gasteiger charge is -2.31. The minimum absolute atomic E-state index is 0.0690. The summed E-state index contributed by atoms with van der Waals surface area (Å²) in [5.74, 6) is 0.582. The number of hydrogen-bond donors (Lipinski definition) is 2. The monoisotopic (exact) mass is 253 g/mol. The van der Waals surface area contributed by atoms with Crippen LogP contribution in [-0.4, -0.2) is 18.9 Å². The van der Waals surface area contributed by atoms with Crippen molar-refractivity contribution in [1.82, 2.24) is 0 Å². The van der Waals surface area contributed by atoms with Gasteiger partial charge in [0.2, 0.25) is 0 Å². The van der Waals surface area contributed by atoms with E-state index < -0.39 is 0 Å². The predicted molar refractivity (Wildman–Crippen MR) is 75.2 cm³/mol. The summed E-state index contributed by atoms with van der Waals surface area (Å²) in [7, 11) is 2.00. The average Bonchev–Trinajstić information content (AvgIpc) is 2.26. The Bertz CT molecular complexity index is 415. The number of amidine groups is 1. The summed E-state index contributed by atoms with van der Waals surface area (Å²) in [5.41, 5.74) is 7.23. The van der Waals surface area contributed by atoms with Crippen LogP contribution in [0, 0.1) is 11.3 Å². The zero-order chi connectivity index (χ0) is 13.2. The van der Waals surface area contributed by atoms with Gasteiger partial charge in [0.1, 0.15) is 5.84 Å². The highest BCUT2D eigenvalue weighted by Crippen LogP contribution is 2.26. The molecule has 0 aromatic heterocycles. The molecule has 0 heterocycles. The van der Waals surface area contributed by atoms with E-state index in [0.717, 1.165) is 11.3 Å². The molecule has 4 heteroatoms. The van der Waals surface area contributed by atoms with E-state index in [9.17, 15) is 0 Å². The van der Waals surface area contributed by atoms with Crippen molar-refractivity contribution < 1.29 is 0 Å². The Morgan fingerprint density at radius 3 is 2.41 bits per heavy atom. The maximum atomic E-state index is 7.60. The summed E-state index contributed by atoms with van der Waals surface area (Å²) in [6.45, 7) is 6.48. The molecule has 1 aromatic carbocycles. The Morgan fingerprint density at radius 1 is 1.35 bits per heavy atom. The van der Waals surface area contributed by atoms with Crippen molar-refractivity contribution in [3.05, 3.63) is 28.8 Å². The number of nitrogens with one attached hydrogen (secondary N) is 1. The first kappa shape index (κ1) is 13.8. The van der Waals surface area contributed by atoms with Crippen molar-refractivity contribution in [3.63, 3.8) is 0 Å². The van der Waals surface area contributed by atoms with Crippen molar-refractivity contribution in [2.45, 2.75) is 26.8 Å². The minimum atomic E-state index is 0.0690. The Hall–Kier alpha value is -1.22. The van der Waals surface area contributed by atoms with Crippen LogP contribution in [0.15, 0.2) is 18.2 Å². The Labute approximate surface area is 108 Å². The summed E-state index contributed by atoms with van der Waals surface area (Å²) in [6, 6.07) is 5.77. The topological polar surface area (TPSA) is 53.1 Å². The molecule has 0 spiro atoms. The molecule has 1 rings (SSSR count). The van der Waals surface area contributed by atoms with Gasteiger partial charge in [-0.3, -0.25) is 5.41 Å². The standard InChI is InChI=1S/C13H20ClN3/c1-8(2)9(3)17(4)12-7-10(14)5-6-11(12)13(15)16/h5-9H,1-4H3,(H3,15,16). The molecule has 1 aromatic rings. The summed E-state index contributed by atoms with van der Waals surface area (Å²) in [6.07, 6.45) is 0. The molecule has 1 atom stereocenters. The molecular formula is C13H20ClN3. The lowest BCUT2D eigenvalue weighted by Crippen LogP contribution is -2.34. The molecule has 1 unspecified atom stereocenters. The van der Waals surface area contributed by atoms with Gasteiger partial charge in [0.15, 0.2) is 0 Å². The first-order valence-corrected chi connectivity index (χ1v) is 6.09. The summed E-state index contributed by atoms with van der Waals surface area (Å²) >= 11 is 6.01. The second kappa shape index (κ2) is 5.41. The molecule has 94 valence electrons. The Balaban J connectivity index is 3.19. The van der Waals surface area contributed by atoms with Gasteiger partial charge >= 0.3 is 0 Å². The van der Waals surface area contributed by atoms with E-state index in [4.69, 9.17) is 22.7 Å². The van der Waals surface area contributed by atoms with Crippen LogP contribution in [0.2, 0.25) is 5.02 Å². The first-order chi connectivity index (χ1) is 7.84. The molecule has 0 saturated carbocycles. The number of anilines is 1. The van der Waals surface area contributed by atoms with Crippen LogP contribution in [0.5, 0.6) is 0 Å². The number of hydrogen-bond acceptors (Lipinski definition) is 2. The number of nitrogens with two attached hydrogens (primary N) is 1. The first-order valence-electron chi connectivity index (χ1n) is 5.71. The third-order valence-electron chi connectivity index (χ3n) is 3.21. The molecular weight excluding hydrogens is 234 g/mol. The van der Waals surface area contributed by atoms with Crippen molar-refractivity contribution >= 4 is 23.1 Å². The average molecular weight is 254 g/mol. The van der Waals surface area contributed by atoms with E-state index in [1.165, 1.54) is 0 Å². The molecule has 0 fully saturated rings. The number of nitrogen functional groups attached to an aromatic ring is 1. The van der Waals surface area contributed by atoms with E-state index in [2.05, 4.69) is 25.7 Å².